The molecule has 0 heterocycles. The largest absolute Gasteiger partial charge is 0.382 e. The van der Waals surface area contributed by atoms with Crippen molar-refractivity contribution in [2.75, 3.05) is 5.32 Å². The Bertz CT molecular complexity index is 333. The molecule has 0 saturated heterocycles. The number of rotatable bonds is 4. The Labute approximate surface area is 106 Å². The summed E-state index contributed by atoms with van der Waals surface area (Å²) >= 11 is 0. The van der Waals surface area contributed by atoms with Crippen LogP contribution in [0, 0.1) is 5.92 Å². The molecule has 1 aromatic carbocycles. The minimum Gasteiger partial charge on any atom is -0.382 e. The van der Waals surface area contributed by atoms with Crippen LogP contribution < -0.4 is 5.32 Å². The van der Waals surface area contributed by atoms with Gasteiger partial charge in [-0.1, -0.05) is 38.8 Å². The third-order valence-electron chi connectivity index (χ3n) is 4.08. The van der Waals surface area contributed by atoms with Crippen LogP contribution in [0.4, 0.5) is 5.69 Å². The molecule has 0 bridgehead atoms. The zero-order valence-corrected chi connectivity index (χ0v) is 11.4. The Morgan fingerprint density at radius 2 is 1.59 bits per heavy atom. The van der Waals surface area contributed by atoms with Crippen molar-refractivity contribution in [3.05, 3.63) is 29.8 Å². The fourth-order valence-electron chi connectivity index (χ4n) is 2.80. The standard InChI is InChI=1S/C16H25N/c1-12(2)14-8-10-16(11-9-14)17-13(3)15-6-4-5-7-15/h8-13,15,17H,4-7H2,1-3H3. The molecule has 94 valence electrons. The van der Waals surface area contributed by atoms with Gasteiger partial charge in [0, 0.05) is 11.7 Å². The maximum atomic E-state index is 3.65. The van der Waals surface area contributed by atoms with Gasteiger partial charge in [-0.3, -0.25) is 0 Å². The summed E-state index contributed by atoms with van der Waals surface area (Å²) in [6.45, 7) is 6.81. The van der Waals surface area contributed by atoms with Crippen molar-refractivity contribution in [1.29, 1.82) is 0 Å². The van der Waals surface area contributed by atoms with Crippen molar-refractivity contribution in [2.24, 2.45) is 5.92 Å². The van der Waals surface area contributed by atoms with Gasteiger partial charge in [-0.15, -0.1) is 0 Å². The second-order valence-corrected chi connectivity index (χ2v) is 5.75. The first-order valence-electron chi connectivity index (χ1n) is 7.03. The van der Waals surface area contributed by atoms with Crippen molar-refractivity contribution >= 4 is 5.69 Å². The van der Waals surface area contributed by atoms with E-state index in [0.29, 0.717) is 12.0 Å². The van der Waals surface area contributed by atoms with E-state index in [4.69, 9.17) is 0 Å². The minimum atomic E-state index is 0.613. The molecule has 1 heteroatoms. The van der Waals surface area contributed by atoms with Gasteiger partial charge in [0.2, 0.25) is 0 Å². The van der Waals surface area contributed by atoms with E-state index in [-0.39, 0.29) is 0 Å². The van der Waals surface area contributed by atoms with Gasteiger partial charge in [0.05, 0.1) is 0 Å². The average Bonchev–Trinajstić information content (AvgIpc) is 2.83. The number of benzene rings is 1. The molecule has 1 fully saturated rings. The normalized spacial score (nSPS) is 18.6. The first-order chi connectivity index (χ1) is 8.16. The zero-order chi connectivity index (χ0) is 12.3. The Morgan fingerprint density at radius 1 is 1.00 bits per heavy atom. The third kappa shape index (κ3) is 3.24. The third-order valence-corrected chi connectivity index (χ3v) is 4.08. The fourth-order valence-corrected chi connectivity index (χ4v) is 2.80. The van der Waals surface area contributed by atoms with Gasteiger partial charge in [0.15, 0.2) is 0 Å². The molecule has 1 atom stereocenters. The van der Waals surface area contributed by atoms with Gasteiger partial charge in [-0.05, 0) is 49.3 Å². The van der Waals surface area contributed by atoms with Crippen molar-refractivity contribution in [3.8, 4) is 0 Å². The lowest BCUT2D eigenvalue weighted by Gasteiger charge is -2.21. The van der Waals surface area contributed by atoms with Crippen LogP contribution in [0.5, 0.6) is 0 Å². The lowest BCUT2D eigenvalue weighted by molar-refractivity contribution is 0.482. The first kappa shape index (κ1) is 12.5. The SMILES string of the molecule is CC(C)c1ccc(NC(C)C2CCCC2)cc1. The van der Waals surface area contributed by atoms with Crippen molar-refractivity contribution in [2.45, 2.75) is 58.4 Å². The van der Waals surface area contributed by atoms with E-state index < -0.39 is 0 Å². The number of hydrogen-bond acceptors (Lipinski definition) is 1. The molecule has 0 radical (unpaired) electrons. The second-order valence-electron chi connectivity index (χ2n) is 5.75. The van der Waals surface area contributed by atoms with Crippen LogP contribution in [0.15, 0.2) is 24.3 Å². The first-order valence-corrected chi connectivity index (χ1v) is 7.03. The summed E-state index contributed by atoms with van der Waals surface area (Å²) in [5, 5.41) is 3.65. The van der Waals surface area contributed by atoms with E-state index in [0.717, 1.165) is 5.92 Å². The monoisotopic (exact) mass is 231 g/mol. The van der Waals surface area contributed by atoms with Gasteiger partial charge in [-0.25, -0.2) is 0 Å². The van der Waals surface area contributed by atoms with Crippen LogP contribution in [0.2, 0.25) is 0 Å². The Balaban J connectivity index is 1.93. The van der Waals surface area contributed by atoms with Gasteiger partial charge in [0.25, 0.3) is 0 Å². The summed E-state index contributed by atoms with van der Waals surface area (Å²) in [5.74, 6) is 1.50. The molecule has 1 aliphatic carbocycles. The highest BCUT2D eigenvalue weighted by atomic mass is 14.9. The molecule has 0 spiro atoms. The molecule has 2 rings (SSSR count). The predicted octanol–water partition coefficient (Wildman–Crippen LogP) is 4.80. The summed E-state index contributed by atoms with van der Waals surface area (Å²) in [6.07, 6.45) is 5.64. The van der Waals surface area contributed by atoms with E-state index >= 15 is 0 Å². The molecular formula is C16H25N. The quantitative estimate of drug-likeness (QED) is 0.784. The molecule has 17 heavy (non-hydrogen) atoms. The van der Waals surface area contributed by atoms with Crippen LogP contribution >= 0.6 is 0 Å². The predicted molar refractivity (Wildman–Crippen MR) is 75.6 cm³/mol. The van der Waals surface area contributed by atoms with E-state index in [1.54, 1.807) is 0 Å². The average molecular weight is 231 g/mol. The molecule has 0 aromatic heterocycles. The lowest BCUT2D eigenvalue weighted by atomic mass is 9.99. The van der Waals surface area contributed by atoms with Crippen molar-refractivity contribution < 1.29 is 0 Å². The summed E-state index contributed by atoms with van der Waals surface area (Å²) < 4.78 is 0. The highest BCUT2D eigenvalue weighted by Crippen LogP contribution is 2.29. The zero-order valence-electron chi connectivity index (χ0n) is 11.4. The van der Waals surface area contributed by atoms with Crippen LogP contribution in [0.25, 0.3) is 0 Å². The lowest BCUT2D eigenvalue weighted by Crippen LogP contribution is -2.23. The van der Waals surface area contributed by atoms with Gasteiger partial charge in [-0.2, -0.15) is 0 Å². The molecule has 0 aliphatic heterocycles. The van der Waals surface area contributed by atoms with Gasteiger partial charge >= 0.3 is 0 Å². The molecule has 1 N–H and O–H groups in total. The maximum absolute atomic E-state index is 3.65. The van der Waals surface area contributed by atoms with Crippen molar-refractivity contribution in [1.82, 2.24) is 0 Å². The molecule has 0 amide bonds. The Morgan fingerprint density at radius 3 is 2.12 bits per heavy atom. The maximum Gasteiger partial charge on any atom is 0.0342 e. The van der Waals surface area contributed by atoms with E-state index in [2.05, 4.69) is 50.4 Å². The van der Waals surface area contributed by atoms with Crippen LogP contribution in [0.1, 0.15) is 57.9 Å². The molecular weight excluding hydrogens is 206 g/mol. The Kier molecular flexibility index (Phi) is 4.09. The van der Waals surface area contributed by atoms with E-state index in [1.807, 2.05) is 0 Å². The second kappa shape index (κ2) is 5.57. The van der Waals surface area contributed by atoms with E-state index in [9.17, 15) is 0 Å². The minimum absolute atomic E-state index is 0.613. The highest BCUT2D eigenvalue weighted by molar-refractivity contribution is 5.46. The van der Waals surface area contributed by atoms with Crippen molar-refractivity contribution in [3.63, 3.8) is 0 Å². The number of nitrogens with one attached hydrogen (secondary N) is 1. The molecule has 1 saturated carbocycles. The summed E-state index contributed by atoms with van der Waals surface area (Å²) in [4.78, 5) is 0. The number of anilines is 1. The Hall–Kier alpha value is -0.980. The van der Waals surface area contributed by atoms with Crippen LogP contribution in [0.3, 0.4) is 0 Å². The fraction of sp³-hybridized carbons (Fsp3) is 0.625. The summed E-state index contributed by atoms with van der Waals surface area (Å²) in [5.41, 5.74) is 2.69. The van der Waals surface area contributed by atoms with Crippen LogP contribution in [-0.2, 0) is 0 Å². The summed E-state index contributed by atoms with van der Waals surface area (Å²) in [7, 11) is 0. The van der Waals surface area contributed by atoms with Gasteiger partial charge < -0.3 is 5.32 Å². The molecule has 1 aromatic rings. The number of hydrogen-bond donors (Lipinski definition) is 1. The van der Waals surface area contributed by atoms with Crippen LogP contribution in [-0.4, -0.2) is 6.04 Å². The topological polar surface area (TPSA) is 12.0 Å². The smallest absolute Gasteiger partial charge is 0.0342 e. The van der Waals surface area contributed by atoms with Gasteiger partial charge in [0.1, 0.15) is 0 Å². The molecule has 1 aliphatic rings. The molecule has 1 nitrogen and oxygen atoms in total. The highest BCUT2D eigenvalue weighted by Gasteiger charge is 2.21. The summed E-state index contributed by atoms with van der Waals surface area (Å²) in [6, 6.07) is 9.55. The van der Waals surface area contributed by atoms with E-state index in [1.165, 1.54) is 36.9 Å². The molecule has 1 unspecified atom stereocenters.